The molecule has 0 radical (unpaired) electrons. The summed E-state index contributed by atoms with van der Waals surface area (Å²) in [6, 6.07) is 14.2. The Morgan fingerprint density at radius 3 is 2.36 bits per heavy atom. The van der Waals surface area contributed by atoms with Crippen LogP contribution in [0.3, 0.4) is 0 Å². The number of hydrogen-bond donors (Lipinski definition) is 4. The third kappa shape index (κ3) is 6.02. The van der Waals surface area contributed by atoms with Gasteiger partial charge in [-0.05, 0) is 87.7 Å². The van der Waals surface area contributed by atoms with E-state index in [1.807, 2.05) is 27.7 Å². The number of phenolic OH excluding ortho intramolecular Hbond substituents is 1. The zero-order chi connectivity index (χ0) is 28.5. The molecule has 0 fully saturated rings. The summed E-state index contributed by atoms with van der Waals surface area (Å²) in [4.78, 5) is 37.4. The predicted molar refractivity (Wildman–Crippen MR) is 151 cm³/mol. The van der Waals surface area contributed by atoms with Crippen LogP contribution in [0.15, 0.2) is 76.5 Å². The molecule has 8 heteroatoms. The SMILES string of the molecule is C=CC(=O)NC(C)(C)CC(C)(C)NC(=O)c1ccc(CO)c(-c2c3ccc(=O)cc-3oc3cc(O)ccc23)c1. The van der Waals surface area contributed by atoms with Crippen LogP contribution in [0, 0.1) is 0 Å². The highest BCUT2D eigenvalue weighted by atomic mass is 16.3. The number of phenols is 1. The van der Waals surface area contributed by atoms with Crippen molar-refractivity contribution >= 4 is 22.8 Å². The lowest BCUT2D eigenvalue weighted by Crippen LogP contribution is -2.53. The van der Waals surface area contributed by atoms with Gasteiger partial charge >= 0.3 is 0 Å². The van der Waals surface area contributed by atoms with Gasteiger partial charge in [-0.1, -0.05) is 12.6 Å². The van der Waals surface area contributed by atoms with Crippen molar-refractivity contribution in [1.82, 2.24) is 10.6 Å². The first-order valence-corrected chi connectivity index (χ1v) is 12.5. The minimum atomic E-state index is -0.683. The Hall–Kier alpha value is -4.43. The molecule has 0 saturated carbocycles. The number of benzene rings is 3. The second-order valence-corrected chi connectivity index (χ2v) is 10.9. The molecule has 1 aliphatic heterocycles. The van der Waals surface area contributed by atoms with E-state index < -0.39 is 11.1 Å². The van der Waals surface area contributed by atoms with E-state index in [1.54, 1.807) is 30.3 Å². The highest BCUT2D eigenvalue weighted by Gasteiger charge is 2.31. The average Bonchev–Trinajstić information content (AvgIpc) is 2.85. The van der Waals surface area contributed by atoms with Crippen molar-refractivity contribution in [1.29, 1.82) is 0 Å². The number of hydrogen-bond acceptors (Lipinski definition) is 6. The van der Waals surface area contributed by atoms with Gasteiger partial charge in [-0.25, -0.2) is 0 Å². The van der Waals surface area contributed by atoms with E-state index in [-0.39, 0.29) is 29.6 Å². The number of aromatic hydroxyl groups is 1. The Labute approximate surface area is 226 Å². The van der Waals surface area contributed by atoms with E-state index in [9.17, 15) is 24.6 Å². The van der Waals surface area contributed by atoms with Crippen molar-refractivity contribution in [3.05, 3.63) is 88.6 Å². The molecule has 1 heterocycles. The number of nitrogens with one attached hydrogen (secondary N) is 2. The van der Waals surface area contributed by atoms with Crippen LogP contribution in [0.4, 0.5) is 0 Å². The van der Waals surface area contributed by atoms with Crippen molar-refractivity contribution < 1.29 is 24.2 Å². The summed E-state index contributed by atoms with van der Waals surface area (Å²) >= 11 is 0. The van der Waals surface area contributed by atoms with E-state index >= 15 is 0 Å². The summed E-state index contributed by atoms with van der Waals surface area (Å²) in [6.45, 7) is 10.7. The molecule has 202 valence electrons. The van der Waals surface area contributed by atoms with Gasteiger partial charge in [-0.2, -0.15) is 0 Å². The fourth-order valence-corrected chi connectivity index (χ4v) is 5.19. The van der Waals surface area contributed by atoms with Crippen LogP contribution in [0.1, 0.15) is 50.0 Å². The van der Waals surface area contributed by atoms with Gasteiger partial charge in [-0.3, -0.25) is 14.4 Å². The number of aliphatic hydroxyl groups excluding tert-OH is 1. The Morgan fingerprint density at radius 1 is 0.949 bits per heavy atom. The van der Waals surface area contributed by atoms with Crippen molar-refractivity contribution in [3.63, 3.8) is 0 Å². The number of amides is 2. The number of aliphatic hydroxyl groups is 1. The summed E-state index contributed by atoms with van der Waals surface area (Å²) in [6.07, 6.45) is 1.66. The van der Waals surface area contributed by atoms with E-state index in [0.717, 1.165) is 0 Å². The molecule has 1 aliphatic carbocycles. The van der Waals surface area contributed by atoms with Gasteiger partial charge in [0, 0.05) is 45.3 Å². The molecule has 0 spiro atoms. The molecule has 8 nitrogen and oxygen atoms in total. The largest absolute Gasteiger partial charge is 0.508 e. The minimum absolute atomic E-state index is 0.000209. The van der Waals surface area contributed by atoms with Crippen LogP contribution in [-0.2, 0) is 11.4 Å². The van der Waals surface area contributed by atoms with Gasteiger partial charge in [0.2, 0.25) is 5.91 Å². The Kier molecular flexibility index (Phi) is 7.35. The molecule has 2 aliphatic rings. The summed E-state index contributed by atoms with van der Waals surface area (Å²) < 4.78 is 5.93. The van der Waals surface area contributed by atoms with Gasteiger partial charge in [0.05, 0.1) is 6.61 Å². The molecule has 2 aromatic carbocycles. The quantitative estimate of drug-likeness (QED) is 0.193. The first-order valence-electron chi connectivity index (χ1n) is 12.5. The highest BCUT2D eigenvalue weighted by Crippen LogP contribution is 2.42. The van der Waals surface area contributed by atoms with Crippen LogP contribution in [0.25, 0.3) is 33.4 Å². The lowest BCUT2D eigenvalue weighted by atomic mass is 9.86. The minimum Gasteiger partial charge on any atom is -0.508 e. The smallest absolute Gasteiger partial charge is 0.251 e. The molecular weight excluding hydrogens is 496 g/mol. The third-order valence-electron chi connectivity index (χ3n) is 6.47. The Balaban J connectivity index is 1.79. The second-order valence-electron chi connectivity index (χ2n) is 10.9. The number of fused-ring (bicyclic) bond motifs is 2. The summed E-state index contributed by atoms with van der Waals surface area (Å²) in [5.74, 6) is -0.304. The van der Waals surface area contributed by atoms with Gasteiger partial charge in [0.1, 0.15) is 17.1 Å². The fraction of sp³-hybridized carbons (Fsp3) is 0.258. The van der Waals surface area contributed by atoms with Gasteiger partial charge in [0.25, 0.3) is 5.91 Å². The molecule has 4 rings (SSSR count). The van der Waals surface area contributed by atoms with Crippen molar-refractivity contribution in [2.24, 2.45) is 0 Å². The average molecular weight is 529 g/mol. The zero-order valence-corrected chi connectivity index (χ0v) is 22.4. The predicted octanol–water partition coefficient (Wildman–Crippen LogP) is 4.74. The molecule has 2 aromatic rings. The van der Waals surface area contributed by atoms with Gasteiger partial charge < -0.3 is 25.3 Å². The Morgan fingerprint density at radius 2 is 1.67 bits per heavy atom. The monoisotopic (exact) mass is 528 g/mol. The van der Waals surface area contributed by atoms with E-state index in [4.69, 9.17) is 4.42 Å². The maximum atomic E-state index is 13.5. The lowest BCUT2D eigenvalue weighted by Gasteiger charge is -2.36. The normalized spacial score (nSPS) is 11.9. The van der Waals surface area contributed by atoms with E-state index in [0.29, 0.717) is 51.0 Å². The van der Waals surface area contributed by atoms with Crippen LogP contribution < -0.4 is 16.1 Å². The zero-order valence-electron chi connectivity index (χ0n) is 22.4. The van der Waals surface area contributed by atoms with Crippen LogP contribution in [0.2, 0.25) is 0 Å². The summed E-state index contributed by atoms with van der Waals surface area (Å²) in [5, 5.41) is 26.8. The first kappa shape index (κ1) is 27.6. The molecule has 39 heavy (non-hydrogen) atoms. The van der Waals surface area contributed by atoms with Crippen LogP contribution in [-0.4, -0.2) is 33.1 Å². The van der Waals surface area contributed by atoms with Crippen molar-refractivity contribution in [2.75, 3.05) is 0 Å². The summed E-state index contributed by atoms with van der Waals surface area (Å²) in [5.41, 5.74) is 1.66. The van der Waals surface area contributed by atoms with Crippen molar-refractivity contribution in [2.45, 2.75) is 51.8 Å². The number of carbonyl (C=O) groups excluding carboxylic acids is 2. The van der Waals surface area contributed by atoms with Gasteiger partial charge in [-0.15, -0.1) is 0 Å². The Bertz CT molecular complexity index is 1620. The standard InChI is InChI=1S/C31H32N2O6/c1-6-27(37)32-30(2,3)17-31(4,5)33-29(38)18-7-8-19(16-34)24(13-18)28-22-11-9-20(35)14-25(22)39-26-15-21(36)10-12-23(26)28/h6-15,34-35H,1,16-17H2,2-5H3,(H,32,37)(H,33,38). The maximum Gasteiger partial charge on any atom is 0.251 e. The molecule has 0 aromatic heterocycles. The van der Waals surface area contributed by atoms with Crippen LogP contribution in [0.5, 0.6) is 5.75 Å². The maximum absolute atomic E-state index is 13.5. The molecule has 0 atom stereocenters. The first-order chi connectivity index (χ1) is 18.3. The topological polar surface area (TPSA) is 129 Å². The second kappa shape index (κ2) is 10.4. The molecule has 4 N–H and O–H groups in total. The molecular formula is C31H32N2O6. The molecule has 0 saturated heterocycles. The number of carbonyl (C=O) groups is 2. The molecule has 0 unspecified atom stereocenters. The molecule has 0 bridgehead atoms. The van der Waals surface area contributed by atoms with E-state index in [1.165, 1.54) is 30.3 Å². The van der Waals surface area contributed by atoms with Crippen LogP contribution >= 0.6 is 0 Å². The van der Waals surface area contributed by atoms with Gasteiger partial charge in [0.15, 0.2) is 5.43 Å². The molecule has 2 amide bonds. The third-order valence-corrected chi connectivity index (χ3v) is 6.47. The fourth-order valence-electron chi connectivity index (χ4n) is 5.19. The summed E-state index contributed by atoms with van der Waals surface area (Å²) in [7, 11) is 0. The lowest BCUT2D eigenvalue weighted by molar-refractivity contribution is -0.118. The highest BCUT2D eigenvalue weighted by molar-refractivity contribution is 6.04. The van der Waals surface area contributed by atoms with Crippen molar-refractivity contribution in [3.8, 4) is 28.2 Å². The van der Waals surface area contributed by atoms with E-state index in [2.05, 4.69) is 17.2 Å². The number of rotatable bonds is 8.